The smallest absolute Gasteiger partial charge is 0.308 e. The SMILES string of the molecule is CC[C@H]1OC(=O)C[C@@H](O[C@@H]2O[C@H](C)[C@@H](O)[C@@H](N(C)C)[C@H]2O)[C@H](C)[C@@H](OC)[C@@H](CC=O)C[C@@H](C)C(=O)CC/C(C)=C/C1CO[C@@H]1O[C@H](C)[C@@H](O)[C@@H](OC)[C@H]1OC. The van der Waals surface area contributed by atoms with E-state index in [1.165, 1.54) is 21.3 Å². The number of nitrogens with zero attached hydrogens (tertiary/aromatic N) is 1. The molecule has 15 heteroatoms. The summed E-state index contributed by atoms with van der Waals surface area (Å²) in [5, 5.41) is 32.9. The third-order valence-electron chi connectivity index (χ3n) is 11.7. The first-order valence-corrected chi connectivity index (χ1v) is 19.7. The van der Waals surface area contributed by atoms with Crippen LogP contribution in [0.5, 0.6) is 0 Å². The number of ether oxygens (including phenoxy) is 8. The monoisotopic (exact) mass is 787 g/mol. The van der Waals surface area contributed by atoms with Gasteiger partial charge in [0, 0.05) is 51.9 Å². The first kappa shape index (κ1) is 47.5. The van der Waals surface area contributed by atoms with E-state index < -0.39 is 97.5 Å². The molecule has 0 aromatic carbocycles. The molecule has 0 spiro atoms. The number of carbonyl (C=O) groups is 3. The maximum absolute atomic E-state index is 14.1. The number of hydrogen-bond acceptors (Lipinski definition) is 15. The highest BCUT2D eigenvalue weighted by Crippen LogP contribution is 2.35. The Morgan fingerprint density at radius 3 is 2.07 bits per heavy atom. The molecule has 318 valence electrons. The van der Waals surface area contributed by atoms with E-state index in [9.17, 15) is 29.7 Å². The fourth-order valence-electron chi connectivity index (χ4n) is 8.37. The van der Waals surface area contributed by atoms with Crippen molar-refractivity contribution in [2.45, 2.75) is 160 Å². The number of aliphatic hydroxyl groups excluding tert-OH is 3. The van der Waals surface area contributed by atoms with E-state index in [-0.39, 0.29) is 43.5 Å². The van der Waals surface area contributed by atoms with E-state index in [0.29, 0.717) is 19.3 Å². The molecule has 17 atom stereocenters. The van der Waals surface area contributed by atoms with Gasteiger partial charge in [0.2, 0.25) is 0 Å². The number of Topliss-reactive ketones (excluding diaryl/α,β-unsaturated/α-hetero) is 1. The Morgan fingerprint density at radius 1 is 0.873 bits per heavy atom. The summed E-state index contributed by atoms with van der Waals surface area (Å²) >= 11 is 0. The number of likely N-dealkylation sites (N-methyl/N-ethyl adjacent to an activating group) is 1. The zero-order chi connectivity index (χ0) is 41.1. The van der Waals surface area contributed by atoms with Gasteiger partial charge in [0.15, 0.2) is 12.6 Å². The van der Waals surface area contributed by atoms with Crippen molar-refractivity contribution in [2.24, 2.45) is 23.7 Å². The second kappa shape index (κ2) is 22.3. The van der Waals surface area contributed by atoms with Crippen LogP contribution in [0.3, 0.4) is 0 Å². The number of allylic oxidation sites excluding steroid dienone is 1. The van der Waals surface area contributed by atoms with E-state index in [2.05, 4.69) is 0 Å². The van der Waals surface area contributed by atoms with Crippen molar-refractivity contribution in [3.05, 3.63) is 11.6 Å². The normalized spacial score (nSPS) is 42.7. The van der Waals surface area contributed by atoms with E-state index in [1.54, 1.807) is 32.8 Å². The van der Waals surface area contributed by atoms with Gasteiger partial charge in [-0.1, -0.05) is 32.4 Å². The Balaban J connectivity index is 2.01. The lowest BCUT2D eigenvalue weighted by Crippen LogP contribution is -2.63. The summed E-state index contributed by atoms with van der Waals surface area (Å²) in [6, 6.07) is -0.716. The molecule has 0 saturated carbocycles. The fourth-order valence-corrected chi connectivity index (χ4v) is 8.37. The minimum atomic E-state index is -1.27. The van der Waals surface area contributed by atoms with Crippen LogP contribution >= 0.6 is 0 Å². The quantitative estimate of drug-likeness (QED) is 0.149. The van der Waals surface area contributed by atoms with Gasteiger partial charge in [-0.3, -0.25) is 9.59 Å². The fraction of sp³-hybridized carbons (Fsp3) is 0.875. The predicted molar refractivity (Wildman–Crippen MR) is 201 cm³/mol. The second-order valence-electron chi connectivity index (χ2n) is 15.9. The third-order valence-corrected chi connectivity index (χ3v) is 11.7. The Morgan fingerprint density at radius 2 is 1.49 bits per heavy atom. The molecular weight excluding hydrogens is 718 g/mol. The summed E-state index contributed by atoms with van der Waals surface area (Å²) in [6.07, 6.45) is -6.07. The molecule has 0 bridgehead atoms. The Bertz CT molecular complexity index is 1230. The number of carbonyl (C=O) groups excluding carboxylic acids is 3. The average Bonchev–Trinajstić information content (AvgIpc) is 3.13. The van der Waals surface area contributed by atoms with Crippen molar-refractivity contribution < 1.29 is 67.6 Å². The van der Waals surface area contributed by atoms with E-state index in [1.807, 2.05) is 33.8 Å². The van der Waals surface area contributed by atoms with Gasteiger partial charge < -0.3 is 62.9 Å². The highest BCUT2D eigenvalue weighted by Gasteiger charge is 2.48. The number of aldehydes is 1. The zero-order valence-electron chi connectivity index (χ0n) is 34.7. The summed E-state index contributed by atoms with van der Waals surface area (Å²) in [4.78, 5) is 41.3. The molecule has 2 saturated heterocycles. The summed E-state index contributed by atoms with van der Waals surface area (Å²) in [5.41, 5.74) is 0.909. The van der Waals surface area contributed by atoms with Crippen LogP contribution in [0.2, 0.25) is 0 Å². The van der Waals surface area contributed by atoms with Crippen LogP contribution in [0.4, 0.5) is 0 Å². The number of aliphatic hydroxyl groups is 3. The molecule has 2 fully saturated rings. The van der Waals surface area contributed by atoms with Crippen LogP contribution in [-0.2, 0) is 52.3 Å². The van der Waals surface area contributed by atoms with Crippen LogP contribution in [0.25, 0.3) is 0 Å². The third kappa shape index (κ3) is 12.3. The van der Waals surface area contributed by atoms with Crippen LogP contribution in [0, 0.1) is 23.7 Å². The van der Waals surface area contributed by atoms with Gasteiger partial charge in [0.05, 0.1) is 49.6 Å². The number of rotatable bonds is 12. The molecule has 55 heavy (non-hydrogen) atoms. The molecule has 3 aliphatic heterocycles. The summed E-state index contributed by atoms with van der Waals surface area (Å²) < 4.78 is 48.2. The lowest BCUT2D eigenvalue weighted by atomic mass is 9.79. The van der Waals surface area contributed by atoms with Gasteiger partial charge in [0.25, 0.3) is 0 Å². The van der Waals surface area contributed by atoms with Gasteiger partial charge in [-0.05, 0) is 60.0 Å². The van der Waals surface area contributed by atoms with Crippen molar-refractivity contribution in [1.29, 1.82) is 0 Å². The van der Waals surface area contributed by atoms with Crippen LogP contribution in [0.15, 0.2) is 11.6 Å². The molecule has 0 aromatic rings. The Kier molecular flexibility index (Phi) is 19.3. The zero-order valence-corrected chi connectivity index (χ0v) is 34.7. The second-order valence-corrected chi connectivity index (χ2v) is 15.9. The highest BCUT2D eigenvalue weighted by molar-refractivity contribution is 5.80. The van der Waals surface area contributed by atoms with Crippen molar-refractivity contribution in [3.8, 4) is 0 Å². The largest absolute Gasteiger partial charge is 0.462 e. The Hall–Kier alpha value is -1.89. The summed E-state index contributed by atoms with van der Waals surface area (Å²) in [6.45, 7) is 11.0. The number of esters is 1. The molecule has 3 aliphatic rings. The van der Waals surface area contributed by atoms with E-state index in [0.717, 1.165) is 11.9 Å². The average molecular weight is 788 g/mol. The highest BCUT2D eigenvalue weighted by atomic mass is 16.7. The van der Waals surface area contributed by atoms with Crippen LogP contribution < -0.4 is 0 Å². The van der Waals surface area contributed by atoms with Gasteiger partial charge in [-0.2, -0.15) is 0 Å². The molecule has 0 amide bonds. The maximum atomic E-state index is 14.1. The maximum Gasteiger partial charge on any atom is 0.308 e. The molecule has 0 radical (unpaired) electrons. The van der Waals surface area contributed by atoms with Crippen molar-refractivity contribution >= 4 is 18.0 Å². The molecule has 3 heterocycles. The lowest BCUT2D eigenvalue weighted by molar-refractivity contribution is -0.304. The van der Waals surface area contributed by atoms with Gasteiger partial charge >= 0.3 is 5.97 Å². The Labute approximate surface area is 327 Å². The molecule has 3 N–H and O–H groups in total. The number of ketones is 1. The number of methoxy groups -OCH3 is 3. The van der Waals surface area contributed by atoms with Gasteiger partial charge in [0.1, 0.15) is 42.6 Å². The van der Waals surface area contributed by atoms with Crippen molar-refractivity contribution in [3.63, 3.8) is 0 Å². The summed E-state index contributed by atoms with van der Waals surface area (Å²) in [7, 11) is 7.97. The van der Waals surface area contributed by atoms with E-state index in [4.69, 9.17) is 37.9 Å². The molecule has 3 rings (SSSR count). The van der Waals surface area contributed by atoms with Crippen molar-refractivity contribution in [2.75, 3.05) is 42.0 Å². The predicted octanol–water partition coefficient (Wildman–Crippen LogP) is 2.44. The molecule has 15 nitrogen and oxygen atoms in total. The van der Waals surface area contributed by atoms with Crippen LogP contribution in [0.1, 0.15) is 80.1 Å². The number of cyclic esters (lactones) is 1. The first-order chi connectivity index (χ1) is 26.0. The number of hydrogen-bond donors (Lipinski definition) is 3. The first-order valence-electron chi connectivity index (χ1n) is 19.7. The standard InChI is InChI=1S/C40H69NO14/c1-12-29-27(20-51-40-38(50-11)37(49-10)34(46)25(6)53-40)17-21(2)13-14-28(43)22(3)18-26(15-16-42)36(48-9)23(4)30(19-31(44)54-29)55-39-35(47)32(41(7)8)33(45)24(5)52-39/h16-17,22-27,29-30,32-40,45-47H,12-15,18-20H2,1-11H3/b21-17+/t22-,23+,24-,25-,26+,27?,29-,30-,32-,33-,34-,35-,36-,37-,38-,39+,40-/m1/s1. The van der Waals surface area contributed by atoms with Crippen LogP contribution in [-0.4, -0.2) is 160 Å². The molecule has 0 aliphatic carbocycles. The molecule has 1 unspecified atom stereocenters. The van der Waals surface area contributed by atoms with Crippen molar-refractivity contribution in [1.82, 2.24) is 4.90 Å². The molecule has 0 aromatic heterocycles. The topological polar surface area (TPSA) is 189 Å². The van der Waals surface area contributed by atoms with Gasteiger partial charge in [-0.25, -0.2) is 0 Å². The minimum Gasteiger partial charge on any atom is -0.462 e. The van der Waals surface area contributed by atoms with E-state index >= 15 is 0 Å². The lowest BCUT2D eigenvalue weighted by Gasteiger charge is -2.46. The molecular formula is C40H69NO14. The minimum absolute atomic E-state index is 0.0509. The summed E-state index contributed by atoms with van der Waals surface area (Å²) in [5.74, 6) is -2.29. The van der Waals surface area contributed by atoms with Gasteiger partial charge in [-0.15, -0.1) is 0 Å².